The molecule has 21 heavy (non-hydrogen) atoms. The number of hydrogen-bond acceptors (Lipinski definition) is 7. The fraction of sp³-hybridized carbons (Fsp3) is 0.357. The van der Waals surface area contributed by atoms with E-state index in [0.29, 0.717) is 18.2 Å². The van der Waals surface area contributed by atoms with E-state index in [-0.39, 0.29) is 0 Å². The highest BCUT2D eigenvalue weighted by atomic mass is 32.2. The van der Waals surface area contributed by atoms with Crippen LogP contribution in [0.3, 0.4) is 0 Å². The molecule has 0 saturated heterocycles. The summed E-state index contributed by atoms with van der Waals surface area (Å²) in [7, 11) is 0. The van der Waals surface area contributed by atoms with Crippen molar-refractivity contribution in [2.75, 3.05) is 17.7 Å². The van der Waals surface area contributed by atoms with Crippen LogP contribution in [0, 0.1) is 11.3 Å². The van der Waals surface area contributed by atoms with E-state index in [9.17, 15) is 0 Å². The summed E-state index contributed by atoms with van der Waals surface area (Å²) in [5.41, 5.74) is 0.611. The predicted molar refractivity (Wildman–Crippen MR) is 83.9 cm³/mol. The van der Waals surface area contributed by atoms with E-state index in [1.54, 1.807) is 35.2 Å². The first-order valence-corrected chi connectivity index (χ1v) is 8.49. The van der Waals surface area contributed by atoms with Crippen molar-refractivity contribution >= 4 is 28.2 Å². The molecule has 1 heterocycles. The van der Waals surface area contributed by atoms with Crippen LogP contribution in [0.4, 0.5) is 5.13 Å². The van der Waals surface area contributed by atoms with Crippen molar-refractivity contribution in [3.8, 4) is 11.8 Å². The van der Waals surface area contributed by atoms with Gasteiger partial charge in [-0.1, -0.05) is 29.2 Å². The van der Waals surface area contributed by atoms with Crippen LogP contribution >= 0.6 is 23.1 Å². The van der Waals surface area contributed by atoms with E-state index in [1.165, 1.54) is 12.8 Å². The normalized spacial score (nSPS) is 13.7. The summed E-state index contributed by atoms with van der Waals surface area (Å²) in [4.78, 5) is 0. The number of thioether (sulfide) groups is 1. The molecule has 3 rings (SSSR count). The second-order valence-electron chi connectivity index (χ2n) is 4.63. The van der Waals surface area contributed by atoms with Gasteiger partial charge in [-0.25, -0.2) is 0 Å². The minimum absolute atomic E-state index is 0.574. The lowest BCUT2D eigenvalue weighted by atomic mass is 10.2. The van der Waals surface area contributed by atoms with Crippen molar-refractivity contribution in [1.82, 2.24) is 10.2 Å². The maximum atomic E-state index is 8.82. The summed E-state index contributed by atoms with van der Waals surface area (Å²) >= 11 is 3.22. The summed E-state index contributed by atoms with van der Waals surface area (Å²) in [6, 6.07) is 9.88. The summed E-state index contributed by atoms with van der Waals surface area (Å²) in [5, 5.41) is 21.3. The fourth-order valence-corrected chi connectivity index (χ4v) is 3.39. The molecule has 108 valence electrons. The zero-order valence-corrected chi connectivity index (χ0v) is 12.9. The Morgan fingerprint density at radius 1 is 1.43 bits per heavy atom. The molecule has 1 aromatic heterocycles. The summed E-state index contributed by atoms with van der Waals surface area (Å²) in [6.45, 7) is 0.574. The number of rotatable bonds is 7. The molecule has 1 aliphatic carbocycles. The minimum Gasteiger partial charge on any atom is -0.493 e. The lowest BCUT2D eigenvalue weighted by Gasteiger charge is -2.04. The van der Waals surface area contributed by atoms with Crippen LogP contribution in [0.1, 0.15) is 18.4 Å². The van der Waals surface area contributed by atoms with Crippen molar-refractivity contribution in [3.63, 3.8) is 0 Å². The van der Waals surface area contributed by atoms with E-state index in [2.05, 4.69) is 21.6 Å². The molecular weight excluding hydrogens is 304 g/mol. The van der Waals surface area contributed by atoms with E-state index in [1.807, 2.05) is 12.1 Å². The van der Waals surface area contributed by atoms with Crippen LogP contribution in [0.25, 0.3) is 0 Å². The quantitative estimate of drug-likeness (QED) is 0.624. The highest BCUT2D eigenvalue weighted by Gasteiger charge is 2.22. The Kier molecular flexibility index (Phi) is 4.58. The monoisotopic (exact) mass is 318 g/mol. The molecule has 0 aliphatic heterocycles. The van der Waals surface area contributed by atoms with Crippen LogP contribution in [-0.2, 0) is 0 Å². The molecule has 1 fully saturated rings. The van der Waals surface area contributed by atoms with Gasteiger partial charge >= 0.3 is 0 Å². The van der Waals surface area contributed by atoms with Crippen LogP contribution in [0.15, 0.2) is 28.6 Å². The Hall–Kier alpha value is -1.78. The summed E-state index contributed by atoms with van der Waals surface area (Å²) in [5.74, 6) is 1.53. The SMILES string of the molecule is N#Cc1cccc(OCCSc2nnc(NC3CC3)s2)c1. The predicted octanol–water partition coefficient (Wildman–Crippen LogP) is 3.16. The average Bonchev–Trinajstić information content (AvgIpc) is 3.21. The number of hydrogen-bond donors (Lipinski definition) is 1. The number of nitrogens with zero attached hydrogens (tertiary/aromatic N) is 3. The Labute approximate surface area is 131 Å². The van der Waals surface area contributed by atoms with Gasteiger partial charge in [-0.15, -0.1) is 10.2 Å². The molecule has 5 nitrogen and oxygen atoms in total. The highest BCUT2D eigenvalue weighted by Crippen LogP contribution is 2.30. The summed E-state index contributed by atoms with van der Waals surface area (Å²) < 4.78 is 6.57. The van der Waals surface area contributed by atoms with E-state index < -0.39 is 0 Å². The standard InChI is InChI=1S/C14H14N4OS2/c15-9-10-2-1-3-12(8-10)19-6-7-20-14-18-17-13(21-14)16-11-4-5-11/h1-3,8,11H,4-7H2,(H,16,17). The molecule has 2 aromatic rings. The van der Waals surface area contributed by atoms with E-state index >= 15 is 0 Å². The van der Waals surface area contributed by atoms with Gasteiger partial charge < -0.3 is 10.1 Å². The van der Waals surface area contributed by atoms with Gasteiger partial charge in [0.1, 0.15) is 5.75 Å². The first-order valence-electron chi connectivity index (χ1n) is 6.69. The zero-order chi connectivity index (χ0) is 14.5. The van der Waals surface area contributed by atoms with Crippen molar-refractivity contribution in [2.45, 2.75) is 23.2 Å². The van der Waals surface area contributed by atoms with Crippen molar-refractivity contribution in [2.24, 2.45) is 0 Å². The number of anilines is 1. The van der Waals surface area contributed by atoms with Crippen molar-refractivity contribution < 1.29 is 4.74 Å². The molecule has 1 saturated carbocycles. The Morgan fingerprint density at radius 3 is 3.14 bits per heavy atom. The molecule has 0 atom stereocenters. The molecule has 0 unspecified atom stereocenters. The molecule has 0 spiro atoms. The molecule has 1 aromatic carbocycles. The van der Waals surface area contributed by atoms with Gasteiger partial charge in [-0.3, -0.25) is 0 Å². The van der Waals surface area contributed by atoms with Crippen LogP contribution in [0.5, 0.6) is 5.75 Å². The molecule has 0 bridgehead atoms. The van der Waals surface area contributed by atoms with Gasteiger partial charge in [-0.05, 0) is 31.0 Å². The van der Waals surface area contributed by atoms with Crippen LogP contribution < -0.4 is 10.1 Å². The second kappa shape index (κ2) is 6.78. The molecular formula is C14H14N4OS2. The van der Waals surface area contributed by atoms with Crippen LogP contribution in [-0.4, -0.2) is 28.6 Å². The third-order valence-corrected chi connectivity index (χ3v) is 4.80. The zero-order valence-electron chi connectivity index (χ0n) is 11.3. The Balaban J connectivity index is 1.41. The lowest BCUT2D eigenvalue weighted by Crippen LogP contribution is -2.00. The van der Waals surface area contributed by atoms with Gasteiger partial charge in [0, 0.05) is 11.8 Å². The topological polar surface area (TPSA) is 70.8 Å². The minimum atomic E-state index is 0.574. The summed E-state index contributed by atoms with van der Waals surface area (Å²) in [6.07, 6.45) is 2.47. The number of benzene rings is 1. The number of nitriles is 1. The van der Waals surface area contributed by atoms with Crippen molar-refractivity contribution in [1.29, 1.82) is 5.26 Å². The molecule has 1 aliphatic rings. The number of aromatic nitrogens is 2. The van der Waals surface area contributed by atoms with E-state index in [4.69, 9.17) is 10.00 Å². The van der Waals surface area contributed by atoms with Crippen LogP contribution in [0.2, 0.25) is 0 Å². The average molecular weight is 318 g/mol. The van der Waals surface area contributed by atoms with Gasteiger partial charge in [0.15, 0.2) is 4.34 Å². The maximum absolute atomic E-state index is 8.82. The smallest absolute Gasteiger partial charge is 0.206 e. The Bertz CT molecular complexity index is 648. The molecule has 7 heteroatoms. The maximum Gasteiger partial charge on any atom is 0.206 e. The van der Waals surface area contributed by atoms with Crippen molar-refractivity contribution in [3.05, 3.63) is 29.8 Å². The first kappa shape index (κ1) is 14.2. The molecule has 1 N–H and O–H groups in total. The van der Waals surface area contributed by atoms with Gasteiger partial charge in [0.05, 0.1) is 18.2 Å². The molecule has 0 radical (unpaired) electrons. The number of ether oxygens (including phenoxy) is 1. The Morgan fingerprint density at radius 2 is 2.33 bits per heavy atom. The second-order valence-corrected chi connectivity index (χ2v) is 6.95. The first-order chi connectivity index (χ1) is 10.3. The number of nitrogens with one attached hydrogen (secondary N) is 1. The third kappa shape index (κ3) is 4.34. The van der Waals surface area contributed by atoms with Gasteiger partial charge in [-0.2, -0.15) is 5.26 Å². The highest BCUT2D eigenvalue weighted by molar-refractivity contribution is 8.01. The largest absolute Gasteiger partial charge is 0.493 e. The van der Waals surface area contributed by atoms with Gasteiger partial charge in [0.2, 0.25) is 5.13 Å². The van der Waals surface area contributed by atoms with E-state index in [0.717, 1.165) is 21.0 Å². The third-order valence-electron chi connectivity index (χ3n) is 2.85. The molecule has 0 amide bonds. The fourth-order valence-electron chi connectivity index (χ4n) is 1.67. The van der Waals surface area contributed by atoms with Gasteiger partial charge in [0.25, 0.3) is 0 Å². The lowest BCUT2D eigenvalue weighted by molar-refractivity contribution is 0.344.